The summed E-state index contributed by atoms with van der Waals surface area (Å²) >= 11 is 1.29. The number of rotatable bonds is 7. The zero-order valence-electron chi connectivity index (χ0n) is 23.8. The number of carbonyl (C=O) groups is 1. The predicted molar refractivity (Wildman–Crippen MR) is 166 cm³/mol. The van der Waals surface area contributed by atoms with Gasteiger partial charge >= 0.3 is 5.97 Å². The molecule has 7 nitrogen and oxygen atoms in total. The number of hydrogen-bond donors (Lipinski definition) is 0. The van der Waals surface area contributed by atoms with Crippen LogP contribution < -0.4 is 24.4 Å². The van der Waals surface area contributed by atoms with Gasteiger partial charge in [-0.3, -0.25) is 9.36 Å². The molecule has 1 aliphatic rings. The lowest BCUT2D eigenvalue weighted by molar-refractivity contribution is -0.139. The molecule has 1 unspecified atom stereocenters. The van der Waals surface area contributed by atoms with E-state index in [0.29, 0.717) is 44.3 Å². The van der Waals surface area contributed by atoms with Gasteiger partial charge in [0.15, 0.2) is 4.80 Å². The molecule has 212 valence electrons. The highest BCUT2D eigenvalue weighted by molar-refractivity contribution is 7.07. The Morgan fingerprint density at radius 3 is 2.29 bits per heavy atom. The Morgan fingerprint density at radius 1 is 0.929 bits per heavy atom. The van der Waals surface area contributed by atoms with Gasteiger partial charge in [0.1, 0.15) is 17.5 Å². The van der Waals surface area contributed by atoms with Gasteiger partial charge in [0.2, 0.25) is 0 Å². The summed E-state index contributed by atoms with van der Waals surface area (Å²) in [4.78, 5) is 33.1. The first-order chi connectivity index (χ1) is 20.5. The molecule has 1 aliphatic heterocycles. The summed E-state index contributed by atoms with van der Waals surface area (Å²) in [5, 5.41) is 3.86. The number of carbonyl (C=O) groups excluding carboxylic acids is 1. The smallest absolute Gasteiger partial charge is 0.338 e. The third-order valence-electron chi connectivity index (χ3n) is 7.45. The molecule has 0 bridgehead atoms. The second-order valence-corrected chi connectivity index (χ2v) is 10.8. The zero-order chi connectivity index (χ0) is 29.4. The van der Waals surface area contributed by atoms with Crippen LogP contribution in [0.25, 0.3) is 27.6 Å². The molecule has 0 aliphatic carbocycles. The molecule has 0 saturated heterocycles. The fraction of sp³-hybridized carbons (Fsp3) is 0.206. The van der Waals surface area contributed by atoms with E-state index in [4.69, 9.17) is 19.2 Å². The van der Waals surface area contributed by atoms with Gasteiger partial charge in [-0.2, -0.15) is 0 Å². The van der Waals surface area contributed by atoms with E-state index in [1.807, 2.05) is 85.8 Å². The standard InChI is InChI=1S/C34H30N2O5S/c1-5-40-26-17-15-21-11-7-9-13-23(21)25(26)19-28-32(37)36-31(29(33(38)41-6-2)20(3)35-34(36)42-28)30-24-14-10-8-12-22(24)16-18-27(30)39-4/h7-19,31H,5-6H2,1-4H3/b28-19+. The summed E-state index contributed by atoms with van der Waals surface area (Å²) in [6.45, 7) is 6.16. The van der Waals surface area contributed by atoms with Crippen molar-refractivity contribution in [1.82, 2.24) is 4.57 Å². The minimum Gasteiger partial charge on any atom is -0.496 e. The number of allylic oxidation sites excluding steroid dienone is 1. The van der Waals surface area contributed by atoms with Gasteiger partial charge in [0.05, 0.1) is 36.1 Å². The summed E-state index contributed by atoms with van der Waals surface area (Å²) < 4.78 is 19.4. The number of nitrogens with zero attached hydrogens (tertiary/aromatic N) is 2. The van der Waals surface area contributed by atoms with Crippen molar-refractivity contribution in [2.45, 2.75) is 26.8 Å². The van der Waals surface area contributed by atoms with E-state index in [2.05, 4.69) is 0 Å². The maximum absolute atomic E-state index is 14.4. The molecule has 0 spiro atoms. The van der Waals surface area contributed by atoms with Crippen LogP contribution in [0.15, 0.2) is 93.9 Å². The fourth-order valence-electron chi connectivity index (χ4n) is 5.64. The van der Waals surface area contributed by atoms with Crippen LogP contribution in [-0.4, -0.2) is 30.9 Å². The van der Waals surface area contributed by atoms with Gasteiger partial charge in [-0.1, -0.05) is 72.0 Å². The van der Waals surface area contributed by atoms with Gasteiger partial charge in [-0.05, 0) is 60.5 Å². The first-order valence-electron chi connectivity index (χ1n) is 13.9. The Hall–Kier alpha value is -4.69. The molecular weight excluding hydrogens is 548 g/mol. The molecule has 0 N–H and O–H groups in total. The SMILES string of the molecule is CCOC(=O)C1=C(C)N=c2s/c(=C/c3c(OCC)ccc4ccccc34)c(=O)n2C1c1c(OC)ccc2ccccc12. The number of hydrogen-bond acceptors (Lipinski definition) is 7. The average Bonchev–Trinajstić information content (AvgIpc) is 3.31. The fourth-order valence-corrected chi connectivity index (χ4v) is 6.67. The summed E-state index contributed by atoms with van der Waals surface area (Å²) in [7, 11) is 1.59. The van der Waals surface area contributed by atoms with Crippen LogP contribution in [-0.2, 0) is 9.53 Å². The molecule has 0 radical (unpaired) electrons. The van der Waals surface area contributed by atoms with Gasteiger partial charge in [0.25, 0.3) is 5.56 Å². The molecule has 6 rings (SSSR count). The highest BCUT2D eigenvalue weighted by Gasteiger charge is 2.36. The van der Waals surface area contributed by atoms with Crippen LogP contribution in [0.4, 0.5) is 0 Å². The Morgan fingerprint density at radius 2 is 1.60 bits per heavy atom. The highest BCUT2D eigenvalue weighted by atomic mass is 32.1. The maximum atomic E-state index is 14.4. The van der Waals surface area contributed by atoms with Crippen LogP contribution >= 0.6 is 11.3 Å². The molecule has 8 heteroatoms. The molecule has 0 saturated carbocycles. The predicted octanol–water partition coefficient (Wildman–Crippen LogP) is 5.51. The van der Waals surface area contributed by atoms with Gasteiger partial charge in [-0.15, -0.1) is 0 Å². The first kappa shape index (κ1) is 27.5. The van der Waals surface area contributed by atoms with Gasteiger partial charge in [0, 0.05) is 11.1 Å². The number of fused-ring (bicyclic) bond motifs is 3. The van der Waals surface area contributed by atoms with Crippen molar-refractivity contribution in [3.05, 3.63) is 115 Å². The minimum atomic E-state index is -0.803. The van der Waals surface area contributed by atoms with Crippen LogP contribution in [0.5, 0.6) is 11.5 Å². The Kier molecular flexibility index (Phi) is 7.39. The third-order valence-corrected chi connectivity index (χ3v) is 8.43. The Balaban J connectivity index is 1.68. The zero-order valence-corrected chi connectivity index (χ0v) is 24.7. The number of aromatic nitrogens is 1. The maximum Gasteiger partial charge on any atom is 0.338 e. The summed E-state index contributed by atoms with van der Waals surface area (Å²) in [5.74, 6) is 0.746. The summed E-state index contributed by atoms with van der Waals surface area (Å²) in [6.07, 6.45) is 1.87. The van der Waals surface area contributed by atoms with Crippen molar-refractivity contribution in [3.8, 4) is 11.5 Å². The lowest BCUT2D eigenvalue weighted by atomic mass is 9.90. The number of esters is 1. The van der Waals surface area contributed by atoms with Crippen LogP contribution in [0.2, 0.25) is 0 Å². The molecular formula is C34H30N2O5S. The molecule has 2 heterocycles. The minimum absolute atomic E-state index is 0.195. The Bertz CT molecular complexity index is 2070. The molecule has 1 atom stereocenters. The second kappa shape index (κ2) is 11.3. The lowest BCUT2D eigenvalue weighted by Crippen LogP contribution is -2.40. The van der Waals surface area contributed by atoms with E-state index in [1.165, 1.54) is 11.3 Å². The van der Waals surface area contributed by atoms with Crippen molar-refractivity contribution in [3.63, 3.8) is 0 Å². The lowest BCUT2D eigenvalue weighted by Gasteiger charge is -2.27. The highest BCUT2D eigenvalue weighted by Crippen LogP contribution is 2.40. The van der Waals surface area contributed by atoms with Gasteiger partial charge < -0.3 is 14.2 Å². The normalized spacial score (nSPS) is 15.0. The first-order valence-corrected chi connectivity index (χ1v) is 14.7. The van der Waals surface area contributed by atoms with E-state index < -0.39 is 12.0 Å². The summed E-state index contributed by atoms with van der Waals surface area (Å²) in [5.41, 5.74) is 2.08. The molecule has 0 amide bonds. The molecule has 1 aromatic heterocycles. The van der Waals surface area contributed by atoms with E-state index in [9.17, 15) is 9.59 Å². The number of benzene rings is 4. The molecule has 4 aromatic carbocycles. The topological polar surface area (TPSA) is 79.1 Å². The average molecular weight is 579 g/mol. The van der Waals surface area contributed by atoms with E-state index in [1.54, 1.807) is 25.5 Å². The monoisotopic (exact) mass is 578 g/mol. The van der Waals surface area contributed by atoms with E-state index in [-0.39, 0.29) is 12.2 Å². The second-order valence-electron chi connectivity index (χ2n) is 9.84. The largest absolute Gasteiger partial charge is 0.496 e. The summed E-state index contributed by atoms with van der Waals surface area (Å²) in [6, 6.07) is 22.9. The number of ether oxygens (including phenoxy) is 3. The van der Waals surface area contributed by atoms with Crippen LogP contribution in [0.3, 0.4) is 0 Å². The molecule has 42 heavy (non-hydrogen) atoms. The van der Waals surface area contributed by atoms with E-state index >= 15 is 0 Å². The number of thiazole rings is 1. The van der Waals surface area contributed by atoms with Crippen molar-refractivity contribution < 1.29 is 19.0 Å². The van der Waals surface area contributed by atoms with Crippen LogP contribution in [0, 0.1) is 0 Å². The Labute approximate surface area is 246 Å². The third kappa shape index (κ3) is 4.58. The van der Waals surface area contributed by atoms with Crippen molar-refractivity contribution in [2.24, 2.45) is 4.99 Å². The van der Waals surface area contributed by atoms with Crippen molar-refractivity contribution >= 4 is 44.9 Å². The van der Waals surface area contributed by atoms with E-state index in [0.717, 1.165) is 27.1 Å². The van der Waals surface area contributed by atoms with Crippen molar-refractivity contribution in [1.29, 1.82) is 0 Å². The number of methoxy groups -OCH3 is 1. The van der Waals surface area contributed by atoms with Crippen LogP contribution in [0.1, 0.15) is 37.9 Å². The molecule has 5 aromatic rings. The quantitative estimate of drug-likeness (QED) is 0.238. The van der Waals surface area contributed by atoms with Crippen molar-refractivity contribution in [2.75, 3.05) is 20.3 Å². The van der Waals surface area contributed by atoms with Gasteiger partial charge in [-0.25, -0.2) is 9.79 Å². The molecule has 0 fully saturated rings.